The van der Waals surface area contributed by atoms with E-state index in [4.69, 9.17) is 5.73 Å². The largest absolute Gasteiger partial charge is 0.348 e. The Morgan fingerprint density at radius 1 is 1.38 bits per heavy atom. The van der Waals surface area contributed by atoms with E-state index in [9.17, 15) is 9.59 Å². The van der Waals surface area contributed by atoms with Gasteiger partial charge in [-0.05, 0) is 37.0 Å². The van der Waals surface area contributed by atoms with Crippen molar-refractivity contribution in [2.75, 3.05) is 26.0 Å². The SMILES string of the molecule is CN(C)C(=O)Nc1cccc(C(=O)NC(CN)C2CC2)c1. The molecule has 1 aliphatic carbocycles. The number of carbonyl (C=O) groups is 2. The lowest BCUT2D eigenvalue weighted by Gasteiger charge is -2.16. The monoisotopic (exact) mass is 290 g/mol. The Bertz CT molecular complexity index is 526. The van der Waals surface area contributed by atoms with Crippen LogP contribution in [0.5, 0.6) is 0 Å². The Kier molecular flexibility index (Phi) is 4.80. The van der Waals surface area contributed by atoms with E-state index in [2.05, 4.69) is 10.6 Å². The minimum absolute atomic E-state index is 0.0394. The lowest BCUT2D eigenvalue weighted by molar-refractivity contribution is 0.0933. The average Bonchev–Trinajstić information content (AvgIpc) is 3.29. The maximum absolute atomic E-state index is 12.2. The zero-order valence-electron chi connectivity index (χ0n) is 12.4. The fraction of sp³-hybridized carbons (Fsp3) is 0.467. The Hall–Kier alpha value is -2.08. The van der Waals surface area contributed by atoms with E-state index < -0.39 is 0 Å². The molecular weight excluding hydrogens is 268 g/mol. The van der Waals surface area contributed by atoms with Crippen molar-refractivity contribution >= 4 is 17.6 Å². The van der Waals surface area contributed by atoms with Crippen LogP contribution in [0, 0.1) is 5.92 Å². The second-order valence-electron chi connectivity index (χ2n) is 5.56. The van der Waals surface area contributed by atoms with Crippen molar-refractivity contribution in [3.63, 3.8) is 0 Å². The van der Waals surface area contributed by atoms with Crippen LogP contribution >= 0.6 is 0 Å². The summed E-state index contributed by atoms with van der Waals surface area (Å²) in [5.74, 6) is 0.355. The molecule has 0 aromatic heterocycles. The van der Waals surface area contributed by atoms with Gasteiger partial charge in [0.2, 0.25) is 0 Å². The zero-order chi connectivity index (χ0) is 15.4. The molecule has 1 atom stereocenters. The van der Waals surface area contributed by atoms with E-state index in [1.807, 2.05) is 0 Å². The van der Waals surface area contributed by atoms with Crippen LogP contribution in [-0.2, 0) is 0 Å². The second-order valence-corrected chi connectivity index (χ2v) is 5.56. The summed E-state index contributed by atoms with van der Waals surface area (Å²) >= 11 is 0. The van der Waals surface area contributed by atoms with Crippen LogP contribution in [-0.4, -0.2) is 43.5 Å². The molecule has 1 unspecified atom stereocenters. The fourth-order valence-corrected chi connectivity index (χ4v) is 2.09. The van der Waals surface area contributed by atoms with Crippen molar-refractivity contribution in [1.82, 2.24) is 10.2 Å². The topological polar surface area (TPSA) is 87.5 Å². The van der Waals surface area contributed by atoms with Crippen molar-refractivity contribution in [3.05, 3.63) is 29.8 Å². The van der Waals surface area contributed by atoms with Gasteiger partial charge in [0.25, 0.3) is 5.91 Å². The number of benzene rings is 1. The lowest BCUT2D eigenvalue weighted by atomic mass is 10.1. The standard InChI is InChI=1S/C15H22N4O2/c1-19(2)15(21)17-12-5-3-4-11(8-12)14(20)18-13(9-16)10-6-7-10/h3-5,8,10,13H,6-7,9,16H2,1-2H3,(H,17,21)(H,18,20). The van der Waals surface area contributed by atoms with Gasteiger partial charge in [0.05, 0.1) is 0 Å². The number of rotatable bonds is 5. The van der Waals surface area contributed by atoms with Crippen LogP contribution in [0.3, 0.4) is 0 Å². The maximum atomic E-state index is 12.2. The number of anilines is 1. The molecule has 4 N–H and O–H groups in total. The molecule has 1 aromatic rings. The van der Waals surface area contributed by atoms with Crippen LogP contribution < -0.4 is 16.4 Å². The Morgan fingerprint density at radius 2 is 2.10 bits per heavy atom. The Balaban J connectivity index is 2.02. The number of hydrogen-bond acceptors (Lipinski definition) is 3. The van der Waals surface area contributed by atoms with Crippen molar-refractivity contribution < 1.29 is 9.59 Å². The third-order valence-electron chi connectivity index (χ3n) is 3.54. The van der Waals surface area contributed by atoms with E-state index in [0.29, 0.717) is 23.7 Å². The predicted molar refractivity (Wildman–Crippen MR) is 82.2 cm³/mol. The summed E-state index contributed by atoms with van der Waals surface area (Å²) < 4.78 is 0. The van der Waals surface area contributed by atoms with Gasteiger partial charge in [-0.2, -0.15) is 0 Å². The summed E-state index contributed by atoms with van der Waals surface area (Å²) in [5.41, 5.74) is 6.81. The fourth-order valence-electron chi connectivity index (χ4n) is 2.09. The third-order valence-corrected chi connectivity index (χ3v) is 3.54. The highest BCUT2D eigenvalue weighted by atomic mass is 16.2. The highest BCUT2D eigenvalue weighted by Crippen LogP contribution is 2.32. The molecule has 1 saturated carbocycles. The van der Waals surface area contributed by atoms with E-state index in [1.54, 1.807) is 38.4 Å². The number of nitrogens with two attached hydrogens (primary N) is 1. The van der Waals surface area contributed by atoms with Gasteiger partial charge >= 0.3 is 6.03 Å². The third kappa shape index (κ3) is 4.19. The molecule has 0 radical (unpaired) electrons. The smallest absolute Gasteiger partial charge is 0.321 e. The normalized spacial score (nSPS) is 15.2. The van der Waals surface area contributed by atoms with Crippen LogP contribution in [0.1, 0.15) is 23.2 Å². The summed E-state index contributed by atoms with van der Waals surface area (Å²) in [6, 6.07) is 6.69. The van der Waals surface area contributed by atoms with Gasteiger partial charge < -0.3 is 21.3 Å². The number of nitrogens with zero attached hydrogens (tertiary/aromatic N) is 1. The second kappa shape index (κ2) is 6.58. The summed E-state index contributed by atoms with van der Waals surface area (Å²) in [4.78, 5) is 25.3. The van der Waals surface area contributed by atoms with Crippen LogP contribution in [0.15, 0.2) is 24.3 Å². The minimum atomic E-state index is -0.231. The molecule has 3 amide bonds. The summed E-state index contributed by atoms with van der Waals surface area (Å²) in [5, 5.41) is 5.68. The molecule has 1 aliphatic rings. The zero-order valence-corrected chi connectivity index (χ0v) is 12.4. The quantitative estimate of drug-likeness (QED) is 0.762. The van der Waals surface area contributed by atoms with Crippen molar-refractivity contribution in [3.8, 4) is 0 Å². The predicted octanol–water partition coefficient (Wildman–Crippen LogP) is 1.25. The molecule has 1 aromatic carbocycles. The minimum Gasteiger partial charge on any atom is -0.348 e. The molecule has 1 fully saturated rings. The van der Waals surface area contributed by atoms with Crippen molar-refractivity contribution in [2.24, 2.45) is 11.7 Å². The highest BCUT2D eigenvalue weighted by Gasteiger charge is 2.31. The first-order valence-electron chi connectivity index (χ1n) is 7.10. The van der Waals surface area contributed by atoms with Gasteiger partial charge in [-0.1, -0.05) is 6.07 Å². The molecule has 21 heavy (non-hydrogen) atoms. The molecular formula is C15H22N4O2. The molecule has 6 heteroatoms. The first-order valence-corrected chi connectivity index (χ1v) is 7.10. The number of urea groups is 1. The number of carbonyl (C=O) groups excluding carboxylic acids is 2. The van der Waals surface area contributed by atoms with Crippen molar-refractivity contribution in [2.45, 2.75) is 18.9 Å². The van der Waals surface area contributed by atoms with E-state index in [-0.39, 0.29) is 18.0 Å². The number of nitrogens with one attached hydrogen (secondary N) is 2. The molecule has 0 spiro atoms. The molecule has 0 bridgehead atoms. The van der Waals surface area contributed by atoms with Crippen LogP contribution in [0.4, 0.5) is 10.5 Å². The van der Waals surface area contributed by atoms with Crippen LogP contribution in [0.25, 0.3) is 0 Å². The summed E-state index contributed by atoms with van der Waals surface area (Å²) in [7, 11) is 3.32. The first-order chi connectivity index (χ1) is 10.0. The number of amides is 3. The molecule has 2 rings (SSSR count). The molecule has 114 valence electrons. The van der Waals surface area contributed by atoms with E-state index in [0.717, 1.165) is 12.8 Å². The molecule has 0 heterocycles. The van der Waals surface area contributed by atoms with Gasteiger partial charge in [0.1, 0.15) is 0 Å². The number of hydrogen-bond donors (Lipinski definition) is 3. The summed E-state index contributed by atoms with van der Waals surface area (Å²) in [6.45, 7) is 0.452. The Morgan fingerprint density at radius 3 is 2.67 bits per heavy atom. The molecule has 6 nitrogen and oxygen atoms in total. The average molecular weight is 290 g/mol. The Labute approximate surface area is 124 Å². The van der Waals surface area contributed by atoms with E-state index in [1.165, 1.54) is 4.90 Å². The highest BCUT2D eigenvalue weighted by molar-refractivity contribution is 5.97. The lowest BCUT2D eigenvalue weighted by Crippen LogP contribution is -2.41. The van der Waals surface area contributed by atoms with Gasteiger partial charge in [-0.15, -0.1) is 0 Å². The van der Waals surface area contributed by atoms with Gasteiger partial charge in [-0.25, -0.2) is 4.79 Å². The summed E-state index contributed by atoms with van der Waals surface area (Å²) in [6.07, 6.45) is 2.25. The van der Waals surface area contributed by atoms with Crippen LogP contribution in [0.2, 0.25) is 0 Å². The van der Waals surface area contributed by atoms with Gasteiger partial charge in [0.15, 0.2) is 0 Å². The first kappa shape index (κ1) is 15.3. The van der Waals surface area contributed by atoms with Gasteiger partial charge in [-0.3, -0.25) is 4.79 Å². The van der Waals surface area contributed by atoms with Gasteiger partial charge in [0, 0.05) is 37.9 Å². The van der Waals surface area contributed by atoms with E-state index >= 15 is 0 Å². The molecule has 0 saturated heterocycles. The maximum Gasteiger partial charge on any atom is 0.321 e. The molecule has 0 aliphatic heterocycles. The van der Waals surface area contributed by atoms with Crippen molar-refractivity contribution in [1.29, 1.82) is 0 Å².